The Bertz CT molecular complexity index is 908. The van der Waals surface area contributed by atoms with Gasteiger partial charge in [-0.05, 0) is 31.2 Å². The summed E-state index contributed by atoms with van der Waals surface area (Å²) in [4.78, 5) is 14.8. The van der Waals surface area contributed by atoms with Crippen molar-refractivity contribution in [3.8, 4) is 5.75 Å². The Hall–Kier alpha value is -2.75. The van der Waals surface area contributed by atoms with Crippen molar-refractivity contribution in [2.75, 3.05) is 12.4 Å². The number of anilines is 1. The maximum absolute atomic E-state index is 12.7. The monoisotopic (exact) mass is 396 g/mol. The number of amides is 1. The van der Waals surface area contributed by atoms with Crippen LogP contribution in [0.3, 0.4) is 0 Å². The third-order valence-electron chi connectivity index (χ3n) is 3.96. The Labute approximate surface area is 157 Å². The molecule has 3 rings (SSSR count). The lowest BCUT2D eigenvalue weighted by Gasteiger charge is -2.20. The molecule has 1 unspecified atom stereocenters. The van der Waals surface area contributed by atoms with Gasteiger partial charge in [-0.2, -0.15) is 18.3 Å². The maximum Gasteiger partial charge on any atom is 0.433 e. The van der Waals surface area contributed by atoms with E-state index in [4.69, 9.17) is 4.74 Å². The van der Waals surface area contributed by atoms with Gasteiger partial charge in [0.1, 0.15) is 16.5 Å². The molecule has 0 radical (unpaired) electrons. The molecule has 2 aliphatic heterocycles. The number of hydrogen-bond acceptors (Lipinski definition) is 6. The van der Waals surface area contributed by atoms with E-state index in [2.05, 4.69) is 27.4 Å². The highest BCUT2D eigenvalue weighted by atomic mass is 32.2. The summed E-state index contributed by atoms with van der Waals surface area (Å²) in [5.41, 5.74) is 3.31. The summed E-state index contributed by atoms with van der Waals surface area (Å²) < 4.78 is 43.4. The predicted molar refractivity (Wildman–Crippen MR) is 98.9 cm³/mol. The van der Waals surface area contributed by atoms with E-state index in [9.17, 15) is 18.0 Å². The van der Waals surface area contributed by atoms with Crippen LogP contribution in [-0.2, 0) is 9.67 Å². The van der Waals surface area contributed by atoms with Gasteiger partial charge in [-0.25, -0.2) is 0 Å². The van der Waals surface area contributed by atoms with Gasteiger partial charge in [-0.15, -0.1) is 0 Å². The molecule has 1 aromatic carbocycles. The standard InChI is InChI=1S/C17H15F3N4O2S/c1-4-13(17(18,19)20)21-8-9(2)14-23-24-16(27-14)11-7-10(26-3)5-6-12(11)22-15(16)25/h4-8,24H,1H2,2-3H3,(H,22,25)/b9-8+,21-13+. The van der Waals surface area contributed by atoms with Gasteiger partial charge >= 0.3 is 6.18 Å². The minimum absolute atomic E-state index is 0.326. The summed E-state index contributed by atoms with van der Waals surface area (Å²) in [6, 6.07) is 5.14. The number of allylic oxidation sites excluding steroid dienone is 1. The second-order valence-electron chi connectivity index (χ2n) is 5.71. The largest absolute Gasteiger partial charge is 0.497 e. The molecule has 27 heavy (non-hydrogen) atoms. The third-order valence-corrected chi connectivity index (χ3v) is 5.37. The summed E-state index contributed by atoms with van der Waals surface area (Å²) in [5, 5.41) is 7.24. The number of fused-ring (bicyclic) bond motifs is 2. The van der Waals surface area contributed by atoms with Gasteiger partial charge in [-0.3, -0.25) is 15.2 Å². The van der Waals surface area contributed by atoms with Crippen LogP contribution in [0, 0.1) is 0 Å². The Kier molecular flexibility index (Phi) is 4.77. The first-order chi connectivity index (χ1) is 12.7. The number of methoxy groups -OCH3 is 1. The molecule has 2 N–H and O–H groups in total. The third kappa shape index (κ3) is 3.32. The number of aliphatic imine (C=N–C) groups is 1. The van der Waals surface area contributed by atoms with E-state index in [0.717, 1.165) is 18.0 Å². The lowest BCUT2D eigenvalue weighted by atomic mass is 10.1. The number of alkyl halides is 3. The molecule has 142 valence electrons. The van der Waals surface area contributed by atoms with Crippen LogP contribution in [0.1, 0.15) is 12.5 Å². The van der Waals surface area contributed by atoms with Gasteiger partial charge < -0.3 is 10.1 Å². The molecule has 0 fully saturated rings. The highest BCUT2D eigenvalue weighted by Crippen LogP contribution is 2.49. The van der Waals surface area contributed by atoms with Gasteiger partial charge in [0.2, 0.25) is 4.87 Å². The zero-order valence-corrected chi connectivity index (χ0v) is 15.2. The number of carbonyl (C=O) groups is 1. The van der Waals surface area contributed by atoms with Gasteiger partial charge in [0.15, 0.2) is 0 Å². The molecule has 1 amide bonds. The molecular weight excluding hydrogens is 381 g/mol. The summed E-state index contributed by atoms with van der Waals surface area (Å²) in [5.74, 6) is 0.242. The molecular formula is C17H15F3N4O2S. The van der Waals surface area contributed by atoms with E-state index < -0.39 is 16.8 Å². The molecule has 0 saturated carbocycles. The van der Waals surface area contributed by atoms with E-state index in [-0.39, 0.29) is 5.91 Å². The molecule has 1 spiro atoms. The van der Waals surface area contributed by atoms with Crippen LogP contribution in [0.15, 0.2) is 52.7 Å². The van der Waals surface area contributed by atoms with E-state index in [0.29, 0.717) is 33.7 Å². The molecule has 0 saturated heterocycles. The number of carbonyl (C=O) groups excluding carboxylic acids is 1. The molecule has 1 aromatic rings. The van der Waals surface area contributed by atoms with Crippen molar-refractivity contribution in [2.24, 2.45) is 10.1 Å². The minimum atomic E-state index is -4.59. The Morgan fingerprint density at radius 3 is 2.81 bits per heavy atom. The molecule has 0 aromatic heterocycles. The number of rotatable bonds is 4. The number of nitrogens with zero attached hydrogens (tertiary/aromatic N) is 2. The van der Waals surface area contributed by atoms with Crippen LogP contribution < -0.4 is 15.5 Å². The molecule has 6 nitrogen and oxygen atoms in total. The fourth-order valence-electron chi connectivity index (χ4n) is 2.55. The number of ether oxygens (including phenoxy) is 1. The quantitative estimate of drug-likeness (QED) is 0.764. The molecule has 2 aliphatic rings. The predicted octanol–water partition coefficient (Wildman–Crippen LogP) is 3.54. The van der Waals surface area contributed by atoms with Gasteiger partial charge in [-0.1, -0.05) is 18.3 Å². The van der Waals surface area contributed by atoms with Crippen molar-refractivity contribution in [3.05, 3.63) is 48.2 Å². The summed E-state index contributed by atoms with van der Waals surface area (Å²) in [6.45, 7) is 4.68. The number of halogens is 3. The normalized spacial score (nSPS) is 22.3. The fourth-order valence-corrected chi connectivity index (χ4v) is 3.66. The van der Waals surface area contributed by atoms with Crippen molar-refractivity contribution < 1.29 is 22.7 Å². The van der Waals surface area contributed by atoms with Crippen LogP contribution in [0.4, 0.5) is 18.9 Å². The lowest BCUT2D eigenvalue weighted by molar-refractivity contribution is -0.118. The van der Waals surface area contributed by atoms with Crippen molar-refractivity contribution in [2.45, 2.75) is 18.0 Å². The second kappa shape index (κ2) is 6.76. The topological polar surface area (TPSA) is 75.1 Å². The van der Waals surface area contributed by atoms with Crippen molar-refractivity contribution in [1.82, 2.24) is 5.43 Å². The molecule has 0 bridgehead atoms. The average molecular weight is 396 g/mol. The number of nitrogens with one attached hydrogen (secondary N) is 2. The van der Waals surface area contributed by atoms with E-state index in [1.807, 2.05) is 0 Å². The smallest absolute Gasteiger partial charge is 0.433 e. The number of hydrazone groups is 1. The van der Waals surface area contributed by atoms with Crippen molar-refractivity contribution >= 4 is 34.1 Å². The Morgan fingerprint density at radius 1 is 1.44 bits per heavy atom. The summed E-state index contributed by atoms with van der Waals surface area (Å²) >= 11 is 1.09. The van der Waals surface area contributed by atoms with E-state index in [1.54, 1.807) is 25.1 Å². The Morgan fingerprint density at radius 2 is 2.19 bits per heavy atom. The first-order valence-electron chi connectivity index (χ1n) is 7.69. The van der Waals surface area contributed by atoms with Gasteiger partial charge in [0.25, 0.3) is 5.91 Å². The fraction of sp³-hybridized carbons (Fsp3) is 0.235. The summed E-state index contributed by atoms with van der Waals surface area (Å²) in [7, 11) is 1.51. The molecule has 0 aliphatic carbocycles. The second-order valence-corrected chi connectivity index (χ2v) is 6.91. The van der Waals surface area contributed by atoms with Crippen molar-refractivity contribution in [1.29, 1.82) is 0 Å². The number of thioether (sulfide) groups is 1. The van der Waals surface area contributed by atoms with E-state index >= 15 is 0 Å². The average Bonchev–Trinajstić information content (AvgIpc) is 3.18. The number of benzene rings is 1. The zero-order valence-electron chi connectivity index (χ0n) is 14.3. The van der Waals surface area contributed by atoms with Crippen LogP contribution in [0.2, 0.25) is 0 Å². The molecule has 1 atom stereocenters. The van der Waals surface area contributed by atoms with Crippen LogP contribution >= 0.6 is 11.8 Å². The maximum atomic E-state index is 12.7. The lowest BCUT2D eigenvalue weighted by Crippen LogP contribution is -2.39. The van der Waals surface area contributed by atoms with Crippen LogP contribution in [0.5, 0.6) is 5.75 Å². The SMILES string of the molecule is C=C/C(=N\C=C(/C)C1=NNC2(S1)C(=O)Nc1ccc(OC)cc12)C(F)(F)F. The van der Waals surface area contributed by atoms with Crippen LogP contribution in [-0.4, -0.2) is 29.9 Å². The van der Waals surface area contributed by atoms with Crippen molar-refractivity contribution in [3.63, 3.8) is 0 Å². The van der Waals surface area contributed by atoms with Gasteiger partial charge in [0.05, 0.1) is 7.11 Å². The first-order valence-corrected chi connectivity index (χ1v) is 8.51. The Balaban J connectivity index is 1.89. The van der Waals surface area contributed by atoms with E-state index in [1.165, 1.54) is 7.11 Å². The van der Waals surface area contributed by atoms with Crippen LogP contribution in [0.25, 0.3) is 0 Å². The first kappa shape index (κ1) is 19.0. The van der Waals surface area contributed by atoms with Gasteiger partial charge in [0, 0.05) is 23.0 Å². The number of hydrogen-bond donors (Lipinski definition) is 2. The highest BCUT2D eigenvalue weighted by molar-refractivity contribution is 8.16. The minimum Gasteiger partial charge on any atom is -0.497 e. The summed E-state index contributed by atoms with van der Waals surface area (Å²) in [6.07, 6.45) is -2.90. The zero-order chi connectivity index (χ0) is 19.8. The molecule has 2 heterocycles. The molecule has 10 heteroatoms. The highest BCUT2D eigenvalue weighted by Gasteiger charge is 2.52.